The molecule has 1 aromatic rings. The van der Waals surface area contributed by atoms with Crippen molar-refractivity contribution in [1.82, 2.24) is 25.0 Å². The van der Waals surface area contributed by atoms with Gasteiger partial charge in [0.05, 0.1) is 13.2 Å². The lowest BCUT2D eigenvalue weighted by molar-refractivity contribution is 0.0605. The van der Waals surface area contributed by atoms with Crippen molar-refractivity contribution in [3.05, 3.63) is 11.6 Å². The molecule has 23 heavy (non-hydrogen) atoms. The van der Waals surface area contributed by atoms with Crippen molar-refractivity contribution in [2.75, 3.05) is 39.9 Å². The zero-order valence-electron chi connectivity index (χ0n) is 14.5. The van der Waals surface area contributed by atoms with Crippen LogP contribution in [0.15, 0.2) is 0 Å². The van der Waals surface area contributed by atoms with Gasteiger partial charge in [0, 0.05) is 38.1 Å². The number of piperidine rings is 1. The van der Waals surface area contributed by atoms with Crippen molar-refractivity contribution in [2.24, 2.45) is 5.41 Å². The molecule has 0 bridgehead atoms. The van der Waals surface area contributed by atoms with E-state index < -0.39 is 0 Å². The summed E-state index contributed by atoms with van der Waals surface area (Å²) in [4.78, 5) is 2.57. The van der Waals surface area contributed by atoms with E-state index in [0.29, 0.717) is 5.92 Å². The third-order valence-corrected chi connectivity index (χ3v) is 4.79. The van der Waals surface area contributed by atoms with E-state index in [9.17, 15) is 0 Å². The minimum absolute atomic E-state index is 0. The molecule has 0 aromatic carbocycles. The molecule has 0 atom stereocenters. The van der Waals surface area contributed by atoms with Crippen molar-refractivity contribution in [3.63, 3.8) is 0 Å². The van der Waals surface area contributed by atoms with Crippen LogP contribution in [-0.4, -0.2) is 59.6 Å². The largest absolute Gasteiger partial charge is 0.384 e. The van der Waals surface area contributed by atoms with Gasteiger partial charge in [0.1, 0.15) is 11.6 Å². The minimum atomic E-state index is 0. The quantitative estimate of drug-likeness (QED) is 0.881. The van der Waals surface area contributed by atoms with Crippen molar-refractivity contribution in [3.8, 4) is 0 Å². The molecule has 3 heterocycles. The summed E-state index contributed by atoms with van der Waals surface area (Å²) in [7, 11) is 1.79. The number of likely N-dealkylation sites (tertiary alicyclic amines) is 1. The van der Waals surface area contributed by atoms with E-state index in [4.69, 9.17) is 4.74 Å². The van der Waals surface area contributed by atoms with Gasteiger partial charge in [-0.15, -0.1) is 22.6 Å². The van der Waals surface area contributed by atoms with Crippen LogP contribution in [-0.2, 0) is 17.8 Å². The van der Waals surface area contributed by atoms with Crippen molar-refractivity contribution >= 4 is 12.4 Å². The van der Waals surface area contributed by atoms with Gasteiger partial charge in [0.2, 0.25) is 0 Å². The summed E-state index contributed by atoms with van der Waals surface area (Å²) in [6, 6.07) is 0. The van der Waals surface area contributed by atoms with E-state index in [0.717, 1.165) is 51.7 Å². The molecule has 0 aliphatic carbocycles. The fourth-order valence-corrected chi connectivity index (χ4v) is 3.81. The normalized spacial score (nSPS) is 20.1. The molecule has 1 fully saturated rings. The Morgan fingerprint density at radius 3 is 2.65 bits per heavy atom. The molecule has 0 spiro atoms. The molecule has 1 aromatic heterocycles. The number of rotatable bonds is 5. The lowest BCUT2D eigenvalue weighted by atomic mass is 9.90. The number of halogens is 1. The second-order valence-corrected chi connectivity index (χ2v) is 7.45. The molecule has 132 valence electrons. The number of hydrogen-bond acceptors (Lipinski definition) is 5. The van der Waals surface area contributed by atoms with Crippen LogP contribution >= 0.6 is 12.4 Å². The monoisotopic (exact) mass is 343 g/mol. The Bertz CT molecular complexity index is 497. The van der Waals surface area contributed by atoms with Crippen molar-refractivity contribution < 1.29 is 4.74 Å². The summed E-state index contributed by atoms with van der Waals surface area (Å²) < 4.78 is 7.68. The van der Waals surface area contributed by atoms with Gasteiger partial charge in [0.25, 0.3) is 0 Å². The molecule has 6 nitrogen and oxygen atoms in total. The maximum absolute atomic E-state index is 5.34. The molecule has 2 aliphatic rings. The van der Waals surface area contributed by atoms with Gasteiger partial charge in [-0.05, 0) is 25.9 Å². The molecule has 0 unspecified atom stereocenters. The molecule has 2 aliphatic heterocycles. The van der Waals surface area contributed by atoms with E-state index in [2.05, 4.69) is 38.8 Å². The predicted molar refractivity (Wildman–Crippen MR) is 93.0 cm³/mol. The Morgan fingerprint density at radius 2 is 1.96 bits per heavy atom. The molecule has 7 heteroatoms. The maximum Gasteiger partial charge on any atom is 0.147 e. The minimum Gasteiger partial charge on any atom is -0.384 e. The number of ether oxygens (including phenoxy) is 1. The van der Waals surface area contributed by atoms with Crippen LogP contribution in [0.4, 0.5) is 0 Å². The van der Waals surface area contributed by atoms with E-state index >= 15 is 0 Å². The summed E-state index contributed by atoms with van der Waals surface area (Å²) in [5, 5.41) is 12.2. The lowest BCUT2D eigenvalue weighted by Gasteiger charge is -2.37. The Morgan fingerprint density at radius 1 is 1.22 bits per heavy atom. The Hall–Kier alpha value is -0.690. The van der Waals surface area contributed by atoms with Gasteiger partial charge < -0.3 is 19.5 Å². The standard InChI is InChI=1S/C16H29N5O.ClH/c1-16(2,12-22-3)11-20-7-4-13(5-8-20)15-19-18-14-10-17-6-9-21(14)15;/h13,17H,4-12H2,1-3H3;1H. The summed E-state index contributed by atoms with van der Waals surface area (Å²) in [6.45, 7) is 11.7. The molecule has 1 saturated heterocycles. The molecule has 0 saturated carbocycles. The number of hydrogen-bond donors (Lipinski definition) is 1. The van der Waals surface area contributed by atoms with Gasteiger partial charge in [-0.2, -0.15) is 0 Å². The number of nitrogens with one attached hydrogen (secondary N) is 1. The van der Waals surface area contributed by atoms with Gasteiger partial charge in [-0.3, -0.25) is 0 Å². The van der Waals surface area contributed by atoms with Crippen LogP contribution in [0.2, 0.25) is 0 Å². The highest BCUT2D eigenvalue weighted by atomic mass is 35.5. The topological polar surface area (TPSA) is 55.2 Å². The second-order valence-electron chi connectivity index (χ2n) is 7.45. The lowest BCUT2D eigenvalue weighted by Crippen LogP contribution is -2.41. The third kappa shape index (κ3) is 4.44. The molecule has 0 amide bonds. The summed E-state index contributed by atoms with van der Waals surface area (Å²) in [5.41, 5.74) is 0.223. The highest BCUT2D eigenvalue weighted by Crippen LogP contribution is 2.29. The van der Waals surface area contributed by atoms with E-state index in [1.54, 1.807) is 7.11 Å². The van der Waals surface area contributed by atoms with Crippen LogP contribution in [0.25, 0.3) is 0 Å². The molecular formula is C16H30ClN5O. The number of nitrogens with zero attached hydrogens (tertiary/aromatic N) is 4. The highest BCUT2D eigenvalue weighted by molar-refractivity contribution is 5.85. The van der Waals surface area contributed by atoms with E-state index in [1.807, 2.05) is 0 Å². The average molecular weight is 344 g/mol. The Labute approximate surface area is 145 Å². The van der Waals surface area contributed by atoms with Crippen molar-refractivity contribution in [2.45, 2.75) is 45.7 Å². The molecule has 1 N–H and O–H groups in total. The zero-order chi connectivity index (χ0) is 15.6. The van der Waals surface area contributed by atoms with Gasteiger partial charge in [-0.1, -0.05) is 13.8 Å². The SMILES string of the molecule is COCC(C)(C)CN1CCC(c2nnc3n2CCNC3)CC1.Cl. The van der Waals surface area contributed by atoms with E-state index in [-0.39, 0.29) is 17.8 Å². The summed E-state index contributed by atoms with van der Waals surface area (Å²) >= 11 is 0. The number of aromatic nitrogens is 3. The maximum atomic E-state index is 5.34. The first-order valence-corrected chi connectivity index (χ1v) is 8.43. The van der Waals surface area contributed by atoms with Crippen LogP contribution in [0.1, 0.15) is 44.3 Å². The van der Waals surface area contributed by atoms with Crippen molar-refractivity contribution in [1.29, 1.82) is 0 Å². The second kappa shape index (κ2) is 7.92. The summed E-state index contributed by atoms with van der Waals surface area (Å²) in [6.07, 6.45) is 2.38. The zero-order valence-corrected chi connectivity index (χ0v) is 15.4. The predicted octanol–water partition coefficient (Wildman–Crippen LogP) is 1.66. The first kappa shape index (κ1) is 18.6. The molecule has 0 radical (unpaired) electrons. The molecule has 3 rings (SSSR count). The first-order chi connectivity index (χ1) is 10.6. The average Bonchev–Trinajstić information content (AvgIpc) is 2.91. The van der Waals surface area contributed by atoms with Gasteiger partial charge >= 0.3 is 0 Å². The fraction of sp³-hybridized carbons (Fsp3) is 0.875. The van der Waals surface area contributed by atoms with Crippen LogP contribution in [0.3, 0.4) is 0 Å². The highest BCUT2D eigenvalue weighted by Gasteiger charge is 2.29. The summed E-state index contributed by atoms with van der Waals surface area (Å²) in [5.74, 6) is 2.89. The van der Waals surface area contributed by atoms with Gasteiger partial charge in [0.15, 0.2) is 0 Å². The van der Waals surface area contributed by atoms with Crippen LogP contribution < -0.4 is 5.32 Å². The van der Waals surface area contributed by atoms with Crippen LogP contribution in [0, 0.1) is 5.41 Å². The Balaban J connectivity index is 0.00000192. The smallest absolute Gasteiger partial charge is 0.147 e. The first-order valence-electron chi connectivity index (χ1n) is 8.43. The van der Waals surface area contributed by atoms with Gasteiger partial charge in [-0.25, -0.2) is 0 Å². The molecular weight excluding hydrogens is 314 g/mol. The number of fused-ring (bicyclic) bond motifs is 1. The third-order valence-electron chi connectivity index (χ3n) is 4.79. The van der Waals surface area contributed by atoms with E-state index in [1.165, 1.54) is 18.7 Å². The number of methoxy groups -OCH3 is 1. The Kier molecular flexibility index (Phi) is 6.42. The van der Waals surface area contributed by atoms with Crippen LogP contribution in [0.5, 0.6) is 0 Å². The fourth-order valence-electron chi connectivity index (χ4n) is 3.81.